The number of carbonyl (C=O) groups excluding carboxylic acids is 1. The SMILES string of the molecule is COc1ccc(-c2noc(CN3CCN(C(=O)c4ccc(Cl)cc4Cl)CC3)n2)cc1OC. The molecule has 1 fully saturated rings. The van der Waals surface area contributed by atoms with Gasteiger partial charge in [-0.2, -0.15) is 4.98 Å². The minimum absolute atomic E-state index is 0.0974. The summed E-state index contributed by atoms with van der Waals surface area (Å²) in [5.41, 5.74) is 1.23. The van der Waals surface area contributed by atoms with Crippen LogP contribution in [0.5, 0.6) is 11.5 Å². The Morgan fingerprint density at radius 3 is 2.47 bits per heavy atom. The van der Waals surface area contributed by atoms with Crippen molar-refractivity contribution in [3.63, 3.8) is 0 Å². The van der Waals surface area contributed by atoms with Crippen LogP contribution < -0.4 is 9.47 Å². The van der Waals surface area contributed by atoms with E-state index in [2.05, 4.69) is 15.0 Å². The Kier molecular flexibility index (Phi) is 6.83. The summed E-state index contributed by atoms with van der Waals surface area (Å²) in [6.07, 6.45) is 0. The number of rotatable bonds is 6. The Hall–Kier alpha value is -2.81. The molecule has 1 saturated heterocycles. The molecule has 4 rings (SSSR count). The summed E-state index contributed by atoms with van der Waals surface area (Å²) in [7, 11) is 3.16. The first-order valence-corrected chi connectivity index (χ1v) is 10.8. The topological polar surface area (TPSA) is 80.9 Å². The molecule has 0 unspecified atom stereocenters. The minimum Gasteiger partial charge on any atom is -0.493 e. The molecular formula is C22H22Cl2N4O4. The highest BCUT2D eigenvalue weighted by Gasteiger charge is 2.25. The van der Waals surface area contributed by atoms with Crippen molar-refractivity contribution in [1.82, 2.24) is 19.9 Å². The highest BCUT2D eigenvalue weighted by molar-refractivity contribution is 6.36. The third-order valence-electron chi connectivity index (χ3n) is 5.29. The molecular weight excluding hydrogens is 455 g/mol. The fraction of sp³-hybridized carbons (Fsp3) is 0.318. The van der Waals surface area contributed by atoms with Crippen LogP contribution >= 0.6 is 23.2 Å². The minimum atomic E-state index is -0.0974. The molecule has 1 amide bonds. The van der Waals surface area contributed by atoms with Crippen molar-refractivity contribution in [3.05, 3.63) is 57.9 Å². The van der Waals surface area contributed by atoms with Gasteiger partial charge in [0.05, 0.1) is 31.4 Å². The average molecular weight is 477 g/mol. The van der Waals surface area contributed by atoms with Gasteiger partial charge in [-0.3, -0.25) is 9.69 Å². The number of benzene rings is 2. The van der Waals surface area contributed by atoms with Gasteiger partial charge in [-0.25, -0.2) is 0 Å². The van der Waals surface area contributed by atoms with Crippen LogP contribution in [-0.2, 0) is 6.54 Å². The Morgan fingerprint density at radius 2 is 1.78 bits per heavy atom. The number of nitrogens with zero attached hydrogens (tertiary/aromatic N) is 4. The van der Waals surface area contributed by atoms with Crippen LogP contribution in [0, 0.1) is 0 Å². The summed E-state index contributed by atoms with van der Waals surface area (Å²) >= 11 is 12.1. The third-order valence-corrected chi connectivity index (χ3v) is 5.84. The molecule has 168 valence electrons. The quantitative estimate of drug-likeness (QED) is 0.531. The van der Waals surface area contributed by atoms with E-state index in [1.54, 1.807) is 49.5 Å². The second-order valence-electron chi connectivity index (χ2n) is 7.27. The molecule has 1 aliphatic rings. The first-order chi connectivity index (χ1) is 15.5. The number of methoxy groups -OCH3 is 2. The van der Waals surface area contributed by atoms with Gasteiger partial charge in [0.1, 0.15) is 0 Å². The molecule has 0 radical (unpaired) electrons. The Bertz CT molecular complexity index is 1110. The highest BCUT2D eigenvalue weighted by Crippen LogP contribution is 2.31. The maximum atomic E-state index is 12.8. The van der Waals surface area contributed by atoms with Gasteiger partial charge in [-0.1, -0.05) is 28.4 Å². The van der Waals surface area contributed by atoms with Crippen molar-refractivity contribution in [2.24, 2.45) is 0 Å². The van der Waals surface area contributed by atoms with E-state index in [1.807, 2.05) is 6.07 Å². The van der Waals surface area contributed by atoms with Gasteiger partial charge in [-0.05, 0) is 36.4 Å². The maximum Gasteiger partial charge on any atom is 0.255 e. The Morgan fingerprint density at radius 1 is 1.03 bits per heavy atom. The normalized spacial score (nSPS) is 14.4. The lowest BCUT2D eigenvalue weighted by Gasteiger charge is -2.34. The van der Waals surface area contributed by atoms with Gasteiger partial charge in [-0.15, -0.1) is 0 Å². The lowest BCUT2D eigenvalue weighted by atomic mass is 10.1. The van der Waals surface area contributed by atoms with E-state index in [-0.39, 0.29) is 5.91 Å². The Labute approximate surface area is 195 Å². The first-order valence-electron chi connectivity index (χ1n) is 10.00. The van der Waals surface area contributed by atoms with Gasteiger partial charge >= 0.3 is 0 Å². The molecule has 2 aromatic carbocycles. The lowest BCUT2D eigenvalue weighted by Crippen LogP contribution is -2.48. The average Bonchev–Trinajstić information content (AvgIpc) is 3.27. The van der Waals surface area contributed by atoms with E-state index < -0.39 is 0 Å². The van der Waals surface area contributed by atoms with Crippen LogP contribution in [-0.4, -0.2) is 66.2 Å². The zero-order valence-electron chi connectivity index (χ0n) is 17.7. The van der Waals surface area contributed by atoms with Crippen molar-refractivity contribution < 1.29 is 18.8 Å². The van der Waals surface area contributed by atoms with E-state index in [0.717, 1.165) is 5.56 Å². The fourth-order valence-electron chi connectivity index (χ4n) is 3.55. The maximum absolute atomic E-state index is 12.8. The van der Waals surface area contributed by atoms with Crippen molar-refractivity contribution in [3.8, 4) is 22.9 Å². The molecule has 0 bridgehead atoms. The molecule has 1 aromatic heterocycles. The smallest absolute Gasteiger partial charge is 0.255 e. The van der Waals surface area contributed by atoms with Crippen molar-refractivity contribution >= 4 is 29.1 Å². The lowest BCUT2D eigenvalue weighted by molar-refractivity contribution is 0.0615. The second-order valence-corrected chi connectivity index (χ2v) is 8.12. The number of amides is 1. The molecule has 32 heavy (non-hydrogen) atoms. The standard InChI is InChI=1S/C22H22Cl2N4O4/c1-30-18-6-3-14(11-19(18)31-2)21-25-20(32-26-21)13-27-7-9-28(10-8-27)22(29)16-5-4-15(23)12-17(16)24/h3-6,11-12H,7-10,13H2,1-2H3. The number of piperazine rings is 1. The van der Waals surface area contributed by atoms with Gasteiger partial charge in [0.25, 0.3) is 5.91 Å². The van der Waals surface area contributed by atoms with Crippen molar-refractivity contribution in [1.29, 1.82) is 0 Å². The molecule has 2 heterocycles. The summed E-state index contributed by atoms with van der Waals surface area (Å²) in [6, 6.07) is 10.4. The largest absolute Gasteiger partial charge is 0.493 e. The van der Waals surface area contributed by atoms with Crippen LogP contribution in [0.3, 0.4) is 0 Å². The van der Waals surface area contributed by atoms with E-state index in [4.69, 9.17) is 37.2 Å². The number of ether oxygens (including phenoxy) is 2. The van der Waals surface area contributed by atoms with E-state index >= 15 is 0 Å². The third kappa shape index (κ3) is 4.82. The van der Waals surface area contributed by atoms with Gasteiger partial charge in [0, 0.05) is 36.8 Å². The molecule has 0 aliphatic carbocycles. The van der Waals surface area contributed by atoms with E-state index in [0.29, 0.717) is 71.5 Å². The number of aromatic nitrogens is 2. The number of hydrogen-bond acceptors (Lipinski definition) is 7. The molecule has 0 N–H and O–H groups in total. The zero-order chi connectivity index (χ0) is 22.7. The number of hydrogen-bond donors (Lipinski definition) is 0. The summed E-state index contributed by atoms with van der Waals surface area (Å²) in [5.74, 6) is 2.12. The van der Waals surface area contributed by atoms with Crippen molar-refractivity contribution in [2.75, 3.05) is 40.4 Å². The van der Waals surface area contributed by atoms with Crippen LogP contribution in [0.15, 0.2) is 40.9 Å². The van der Waals surface area contributed by atoms with Crippen LogP contribution in [0.1, 0.15) is 16.2 Å². The molecule has 3 aromatic rings. The molecule has 0 atom stereocenters. The Balaban J connectivity index is 1.36. The van der Waals surface area contributed by atoms with Gasteiger partial charge < -0.3 is 18.9 Å². The zero-order valence-corrected chi connectivity index (χ0v) is 19.2. The molecule has 0 spiro atoms. The highest BCUT2D eigenvalue weighted by atomic mass is 35.5. The summed E-state index contributed by atoms with van der Waals surface area (Å²) < 4.78 is 16.0. The van der Waals surface area contributed by atoms with Crippen LogP contribution in [0.25, 0.3) is 11.4 Å². The van der Waals surface area contributed by atoms with Crippen molar-refractivity contribution in [2.45, 2.75) is 6.54 Å². The summed E-state index contributed by atoms with van der Waals surface area (Å²) in [4.78, 5) is 21.2. The first kappa shape index (κ1) is 22.4. The van der Waals surface area contributed by atoms with Crippen LogP contribution in [0.4, 0.5) is 0 Å². The predicted octanol–water partition coefficient (Wildman–Crippen LogP) is 4.02. The second kappa shape index (κ2) is 9.77. The van der Waals surface area contributed by atoms with Gasteiger partial charge in [0.15, 0.2) is 11.5 Å². The summed E-state index contributed by atoms with van der Waals surface area (Å²) in [6.45, 7) is 3.03. The molecule has 8 nitrogen and oxygen atoms in total. The predicted molar refractivity (Wildman–Crippen MR) is 120 cm³/mol. The fourth-order valence-corrected chi connectivity index (χ4v) is 4.03. The van der Waals surface area contributed by atoms with E-state index in [1.165, 1.54) is 0 Å². The van der Waals surface area contributed by atoms with E-state index in [9.17, 15) is 4.79 Å². The molecule has 0 saturated carbocycles. The van der Waals surface area contributed by atoms with Gasteiger partial charge in [0.2, 0.25) is 11.7 Å². The molecule has 1 aliphatic heterocycles. The monoisotopic (exact) mass is 476 g/mol. The number of halogens is 2. The van der Waals surface area contributed by atoms with Crippen LogP contribution in [0.2, 0.25) is 10.0 Å². The summed E-state index contributed by atoms with van der Waals surface area (Å²) in [5, 5.41) is 4.95. The number of carbonyl (C=O) groups is 1. The molecule has 10 heteroatoms.